The molecule has 6 heteroatoms. The number of rotatable bonds is 3. The highest BCUT2D eigenvalue weighted by molar-refractivity contribution is 7.84. The van der Waals surface area contributed by atoms with Crippen LogP contribution in [0.5, 0.6) is 5.75 Å². The average Bonchev–Trinajstić information content (AvgIpc) is 2.57. The van der Waals surface area contributed by atoms with E-state index in [1.54, 1.807) is 36.1 Å². The maximum Gasteiger partial charge on any atom is 0.228 e. The lowest BCUT2D eigenvalue weighted by Gasteiger charge is -2.01. The third kappa shape index (κ3) is 1.80. The lowest BCUT2D eigenvalue weighted by Crippen LogP contribution is -1.99. The maximum absolute atomic E-state index is 12.0. The Morgan fingerprint density at radius 3 is 2.94 bits per heavy atom. The summed E-state index contributed by atoms with van der Waals surface area (Å²) in [6, 6.07) is 5.03. The highest BCUT2D eigenvalue weighted by atomic mass is 32.2. The molecule has 0 N–H and O–H groups in total. The number of halogens is 1. The Hall–Kier alpha value is -1.43. The van der Waals surface area contributed by atoms with Gasteiger partial charge in [0.25, 0.3) is 0 Å². The zero-order chi connectivity index (χ0) is 11.7. The van der Waals surface area contributed by atoms with Gasteiger partial charge in [0, 0.05) is 19.4 Å². The number of imidazole rings is 1. The SMILES string of the molecule is Cn1c(S(C)=O)nc2ccc(OCF)cc21. The number of hydrogen-bond acceptors (Lipinski definition) is 3. The quantitative estimate of drug-likeness (QED) is 0.821. The van der Waals surface area contributed by atoms with Gasteiger partial charge < -0.3 is 9.30 Å². The Morgan fingerprint density at radius 1 is 1.56 bits per heavy atom. The predicted molar refractivity (Wildman–Crippen MR) is 59.6 cm³/mol. The number of alkyl halides is 1. The van der Waals surface area contributed by atoms with Crippen molar-refractivity contribution in [2.24, 2.45) is 7.05 Å². The van der Waals surface area contributed by atoms with Crippen molar-refractivity contribution in [3.05, 3.63) is 18.2 Å². The van der Waals surface area contributed by atoms with Crippen molar-refractivity contribution in [2.45, 2.75) is 5.16 Å². The minimum absolute atomic E-state index is 0.437. The van der Waals surface area contributed by atoms with Crippen LogP contribution in [0.25, 0.3) is 11.0 Å². The van der Waals surface area contributed by atoms with Gasteiger partial charge in [-0.3, -0.25) is 4.21 Å². The molecule has 0 aliphatic heterocycles. The Morgan fingerprint density at radius 2 is 2.31 bits per heavy atom. The van der Waals surface area contributed by atoms with E-state index in [2.05, 4.69) is 4.98 Å². The molecule has 1 unspecified atom stereocenters. The van der Waals surface area contributed by atoms with Crippen molar-refractivity contribution >= 4 is 21.8 Å². The van der Waals surface area contributed by atoms with Crippen molar-refractivity contribution in [1.29, 1.82) is 0 Å². The molecule has 4 nitrogen and oxygen atoms in total. The largest absolute Gasteiger partial charge is 0.463 e. The Kier molecular flexibility index (Phi) is 2.91. The molecular formula is C10H11FN2O2S. The smallest absolute Gasteiger partial charge is 0.228 e. The molecular weight excluding hydrogens is 231 g/mol. The van der Waals surface area contributed by atoms with Crippen molar-refractivity contribution < 1.29 is 13.3 Å². The van der Waals surface area contributed by atoms with E-state index < -0.39 is 17.7 Å². The van der Waals surface area contributed by atoms with Crippen LogP contribution in [0.15, 0.2) is 23.4 Å². The number of nitrogens with zero attached hydrogens (tertiary/aromatic N) is 2. The second-order valence-electron chi connectivity index (χ2n) is 3.31. The molecule has 1 atom stereocenters. The molecule has 1 aromatic heterocycles. The summed E-state index contributed by atoms with van der Waals surface area (Å²) >= 11 is 0. The Bertz CT molecular complexity index is 553. The molecule has 0 amide bonds. The van der Waals surface area contributed by atoms with Gasteiger partial charge in [-0.25, -0.2) is 9.37 Å². The molecule has 1 aromatic carbocycles. The molecule has 86 valence electrons. The van der Waals surface area contributed by atoms with E-state index >= 15 is 0 Å². The third-order valence-corrected chi connectivity index (χ3v) is 3.17. The fourth-order valence-electron chi connectivity index (χ4n) is 1.56. The molecule has 0 saturated carbocycles. The van der Waals surface area contributed by atoms with Crippen LogP contribution in [0.2, 0.25) is 0 Å². The summed E-state index contributed by atoms with van der Waals surface area (Å²) in [6.07, 6.45) is 1.57. The standard InChI is InChI=1S/C10H11FN2O2S/c1-13-9-5-7(15-6-11)3-4-8(9)12-10(13)16(2)14/h3-5H,6H2,1-2H3. The van der Waals surface area contributed by atoms with Gasteiger partial charge in [0.15, 0.2) is 5.16 Å². The van der Waals surface area contributed by atoms with Crippen molar-refractivity contribution in [1.82, 2.24) is 9.55 Å². The minimum Gasteiger partial charge on any atom is -0.463 e. The highest BCUT2D eigenvalue weighted by Gasteiger charge is 2.11. The van der Waals surface area contributed by atoms with Crippen LogP contribution in [-0.4, -0.2) is 26.9 Å². The monoisotopic (exact) mass is 242 g/mol. The van der Waals surface area contributed by atoms with Crippen molar-refractivity contribution in [2.75, 3.05) is 13.1 Å². The van der Waals surface area contributed by atoms with Gasteiger partial charge in [0.2, 0.25) is 6.86 Å². The van der Waals surface area contributed by atoms with E-state index in [0.29, 0.717) is 10.9 Å². The van der Waals surface area contributed by atoms with Crippen LogP contribution in [-0.2, 0) is 17.8 Å². The van der Waals surface area contributed by atoms with Gasteiger partial charge in [-0.15, -0.1) is 0 Å². The molecule has 16 heavy (non-hydrogen) atoms. The molecule has 0 radical (unpaired) electrons. The second-order valence-corrected chi connectivity index (χ2v) is 4.58. The summed E-state index contributed by atoms with van der Waals surface area (Å²) in [5.41, 5.74) is 1.50. The average molecular weight is 242 g/mol. The van der Waals surface area contributed by atoms with Gasteiger partial charge in [-0.2, -0.15) is 0 Å². The molecule has 0 aliphatic rings. The fraction of sp³-hybridized carbons (Fsp3) is 0.300. The van der Waals surface area contributed by atoms with Crippen LogP contribution >= 0.6 is 0 Å². The van der Waals surface area contributed by atoms with E-state index in [1.165, 1.54) is 0 Å². The second kappa shape index (κ2) is 4.21. The number of ether oxygens (including phenoxy) is 1. The normalized spacial score (nSPS) is 12.9. The topological polar surface area (TPSA) is 44.1 Å². The summed E-state index contributed by atoms with van der Waals surface area (Å²) in [5, 5.41) is 0.493. The molecule has 0 spiro atoms. The highest BCUT2D eigenvalue weighted by Crippen LogP contribution is 2.22. The molecule has 0 bridgehead atoms. The summed E-state index contributed by atoms with van der Waals surface area (Å²) < 4.78 is 29.9. The van der Waals surface area contributed by atoms with Crippen LogP contribution in [0.3, 0.4) is 0 Å². The summed E-state index contributed by atoms with van der Waals surface area (Å²) in [4.78, 5) is 4.23. The maximum atomic E-state index is 12.0. The summed E-state index contributed by atoms with van der Waals surface area (Å²) in [6.45, 7) is -0.865. The molecule has 0 aliphatic carbocycles. The first-order valence-corrected chi connectivity index (χ1v) is 6.18. The Balaban J connectivity index is 2.59. The first-order chi connectivity index (χ1) is 7.63. The zero-order valence-electron chi connectivity index (χ0n) is 8.94. The predicted octanol–water partition coefficient (Wildman–Crippen LogP) is 1.62. The van der Waals surface area contributed by atoms with Crippen LogP contribution in [0.4, 0.5) is 4.39 Å². The summed E-state index contributed by atoms with van der Waals surface area (Å²) in [5.74, 6) is 0.437. The van der Waals surface area contributed by atoms with Gasteiger partial charge >= 0.3 is 0 Å². The van der Waals surface area contributed by atoms with Crippen LogP contribution in [0, 0.1) is 0 Å². The van der Waals surface area contributed by atoms with Gasteiger partial charge in [0.05, 0.1) is 21.8 Å². The zero-order valence-corrected chi connectivity index (χ0v) is 9.75. The molecule has 1 heterocycles. The number of aryl methyl sites for hydroxylation is 1. The van der Waals surface area contributed by atoms with E-state index in [1.807, 2.05) is 0 Å². The number of fused-ring (bicyclic) bond motifs is 1. The van der Waals surface area contributed by atoms with Crippen molar-refractivity contribution in [3.8, 4) is 5.75 Å². The molecule has 2 rings (SSSR count). The van der Waals surface area contributed by atoms with E-state index in [-0.39, 0.29) is 0 Å². The molecule has 0 fully saturated rings. The van der Waals surface area contributed by atoms with Gasteiger partial charge in [0.1, 0.15) is 5.75 Å². The fourth-order valence-corrected chi connectivity index (χ4v) is 2.27. The molecule has 0 saturated heterocycles. The lowest BCUT2D eigenvalue weighted by atomic mass is 10.3. The first kappa shape index (κ1) is 11.1. The first-order valence-electron chi connectivity index (χ1n) is 4.62. The van der Waals surface area contributed by atoms with Crippen LogP contribution in [0.1, 0.15) is 0 Å². The lowest BCUT2D eigenvalue weighted by molar-refractivity contribution is 0.192. The third-order valence-electron chi connectivity index (χ3n) is 2.29. The molecule has 2 aromatic rings. The summed E-state index contributed by atoms with van der Waals surface area (Å²) in [7, 11) is 0.623. The van der Waals surface area contributed by atoms with Crippen LogP contribution < -0.4 is 4.74 Å². The number of benzene rings is 1. The van der Waals surface area contributed by atoms with Gasteiger partial charge in [-0.05, 0) is 12.1 Å². The minimum atomic E-state index is -1.15. The van der Waals surface area contributed by atoms with E-state index in [0.717, 1.165) is 11.0 Å². The number of hydrogen-bond donors (Lipinski definition) is 0. The van der Waals surface area contributed by atoms with E-state index in [9.17, 15) is 8.60 Å². The van der Waals surface area contributed by atoms with Crippen molar-refractivity contribution in [3.63, 3.8) is 0 Å². The number of aromatic nitrogens is 2. The van der Waals surface area contributed by atoms with Gasteiger partial charge in [-0.1, -0.05) is 0 Å². The van der Waals surface area contributed by atoms with E-state index in [4.69, 9.17) is 4.74 Å². The Labute approximate surface area is 94.5 Å².